The SMILES string of the molecule is CCc1cccc(C)c1NC(=O)C(C)(C)C(=O)N(C)Cc1ccccc1. The first-order valence-electron chi connectivity index (χ1n) is 8.96. The van der Waals surface area contributed by atoms with Crippen LogP contribution < -0.4 is 5.32 Å². The molecule has 2 amide bonds. The largest absolute Gasteiger partial charge is 0.341 e. The smallest absolute Gasteiger partial charge is 0.239 e. The highest BCUT2D eigenvalue weighted by molar-refractivity contribution is 6.10. The van der Waals surface area contributed by atoms with Gasteiger partial charge in [-0.3, -0.25) is 9.59 Å². The third-order valence-electron chi connectivity index (χ3n) is 4.69. The van der Waals surface area contributed by atoms with Crippen molar-refractivity contribution in [3.63, 3.8) is 0 Å². The standard InChI is InChI=1S/C22H28N2O2/c1-6-18-14-10-11-16(2)19(18)23-20(25)22(3,4)21(26)24(5)15-17-12-8-7-9-13-17/h7-14H,6,15H2,1-5H3,(H,23,25). The first-order valence-corrected chi connectivity index (χ1v) is 8.96. The summed E-state index contributed by atoms with van der Waals surface area (Å²) in [5.41, 5.74) is 2.76. The topological polar surface area (TPSA) is 49.4 Å². The van der Waals surface area contributed by atoms with E-state index in [4.69, 9.17) is 0 Å². The summed E-state index contributed by atoms with van der Waals surface area (Å²) in [5, 5.41) is 2.98. The van der Waals surface area contributed by atoms with Gasteiger partial charge in [-0.2, -0.15) is 0 Å². The van der Waals surface area contributed by atoms with E-state index in [9.17, 15) is 9.59 Å². The lowest BCUT2D eigenvalue weighted by Gasteiger charge is -2.29. The predicted molar refractivity (Wildman–Crippen MR) is 106 cm³/mol. The van der Waals surface area contributed by atoms with Gasteiger partial charge in [0.05, 0.1) is 0 Å². The number of hydrogen-bond acceptors (Lipinski definition) is 2. The maximum absolute atomic E-state index is 12.9. The molecular formula is C22H28N2O2. The summed E-state index contributed by atoms with van der Waals surface area (Å²) >= 11 is 0. The third kappa shape index (κ3) is 4.31. The van der Waals surface area contributed by atoms with Gasteiger partial charge in [0.15, 0.2) is 0 Å². The number of nitrogens with one attached hydrogen (secondary N) is 1. The molecule has 1 N–H and O–H groups in total. The maximum Gasteiger partial charge on any atom is 0.239 e. The molecule has 0 aliphatic carbocycles. The molecule has 0 spiro atoms. The number of aryl methyl sites for hydroxylation is 2. The molecule has 0 radical (unpaired) electrons. The number of para-hydroxylation sites is 1. The second kappa shape index (κ2) is 8.17. The first-order chi connectivity index (χ1) is 12.3. The number of anilines is 1. The van der Waals surface area contributed by atoms with E-state index in [1.807, 2.05) is 62.4 Å². The quantitative estimate of drug-likeness (QED) is 0.793. The van der Waals surface area contributed by atoms with Crippen molar-refractivity contribution in [1.82, 2.24) is 4.90 Å². The van der Waals surface area contributed by atoms with Crippen molar-refractivity contribution < 1.29 is 9.59 Å². The molecule has 0 bridgehead atoms. The van der Waals surface area contributed by atoms with Crippen LogP contribution in [0.3, 0.4) is 0 Å². The average molecular weight is 352 g/mol. The summed E-state index contributed by atoms with van der Waals surface area (Å²) in [6.07, 6.45) is 0.819. The Kier molecular flexibility index (Phi) is 6.19. The molecule has 0 atom stereocenters. The zero-order valence-corrected chi connectivity index (χ0v) is 16.3. The van der Waals surface area contributed by atoms with Gasteiger partial charge in [0.1, 0.15) is 5.41 Å². The maximum atomic E-state index is 12.9. The number of carbonyl (C=O) groups excluding carboxylic acids is 2. The van der Waals surface area contributed by atoms with Crippen LogP contribution in [-0.2, 0) is 22.6 Å². The summed E-state index contributed by atoms with van der Waals surface area (Å²) in [6, 6.07) is 15.7. The monoisotopic (exact) mass is 352 g/mol. The van der Waals surface area contributed by atoms with Crippen molar-refractivity contribution in [3.05, 3.63) is 65.2 Å². The zero-order chi connectivity index (χ0) is 19.3. The van der Waals surface area contributed by atoms with Crippen molar-refractivity contribution >= 4 is 17.5 Å². The third-order valence-corrected chi connectivity index (χ3v) is 4.69. The zero-order valence-electron chi connectivity index (χ0n) is 16.3. The van der Waals surface area contributed by atoms with Gasteiger partial charge in [0.25, 0.3) is 0 Å². The molecule has 0 aliphatic rings. The number of hydrogen-bond donors (Lipinski definition) is 1. The Hall–Kier alpha value is -2.62. The molecule has 0 heterocycles. The van der Waals surface area contributed by atoms with Gasteiger partial charge < -0.3 is 10.2 Å². The molecular weight excluding hydrogens is 324 g/mol. The van der Waals surface area contributed by atoms with E-state index in [-0.39, 0.29) is 11.8 Å². The molecule has 2 aromatic carbocycles. The minimum atomic E-state index is -1.16. The van der Waals surface area contributed by atoms with Gasteiger partial charge in [-0.25, -0.2) is 0 Å². The number of nitrogens with zero attached hydrogens (tertiary/aromatic N) is 1. The molecule has 2 rings (SSSR count). The number of carbonyl (C=O) groups is 2. The highest BCUT2D eigenvalue weighted by Crippen LogP contribution is 2.26. The Balaban J connectivity index is 2.15. The van der Waals surface area contributed by atoms with E-state index in [2.05, 4.69) is 5.32 Å². The number of benzene rings is 2. The van der Waals surface area contributed by atoms with Crippen molar-refractivity contribution in [2.75, 3.05) is 12.4 Å². The lowest BCUT2D eigenvalue weighted by molar-refractivity contribution is -0.145. The van der Waals surface area contributed by atoms with Crippen LogP contribution in [0.1, 0.15) is 37.5 Å². The highest BCUT2D eigenvalue weighted by Gasteiger charge is 2.38. The second-order valence-corrected chi connectivity index (χ2v) is 7.19. The van der Waals surface area contributed by atoms with Crippen LogP contribution in [0.25, 0.3) is 0 Å². The van der Waals surface area contributed by atoms with E-state index < -0.39 is 5.41 Å². The van der Waals surface area contributed by atoms with Crippen molar-refractivity contribution in [1.29, 1.82) is 0 Å². The minimum Gasteiger partial charge on any atom is -0.341 e. The molecule has 138 valence electrons. The van der Waals surface area contributed by atoms with Gasteiger partial charge in [-0.15, -0.1) is 0 Å². The fraction of sp³-hybridized carbons (Fsp3) is 0.364. The normalized spacial score (nSPS) is 11.1. The van der Waals surface area contributed by atoms with Crippen LogP contribution in [0.4, 0.5) is 5.69 Å². The Labute approximate surface area is 156 Å². The van der Waals surface area contributed by atoms with Gasteiger partial charge in [0.2, 0.25) is 11.8 Å². The Bertz CT molecular complexity index is 782. The van der Waals surface area contributed by atoms with Gasteiger partial charge >= 0.3 is 0 Å². The molecule has 0 saturated carbocycles. The van der Waals surface area contributed by atoms with E-state index in [0.29, 0.717) is 6.54 Å². The molecule has 0 aliphatic heterocycles. The van der Waals surface area contributed by atoms with Crippen LogP contribution in [0, 0.1) is 12.3 Å². The molecule has 0 saturated heterocycles. The summed E-state index contributed by atoms with van der Waals surface area (Å²) in [7, 11) is 1.73. The van der Waals surface area contributed by atoms with E-state index >= 15 is 0 Å². The molecule has 0 aromatic heterocycles. The van der Waals surface area contributed by atoms with Gasteiger partial charge in [0, 0.05) is 19.3 Å². The minimum absolute atomic E-state index is 0.203. The van der Waals surface area contributed by atoms with Gasteiger partial charge in [-0.05, 0) is 43.9 Å². The molecule has 2 aromatic rings. The lowest BCUT2D eigenvalue weighted by atomic mass is 9.89. The van der Waals surface area contributed by atoms with Crippen molar-refractivity contribution in [2.24, 2.45) is 5.41 Å². The molecule has 0 unspecified atom stereocenters. The van der Waals surface area contributed by atoms with E-state index in [1.54, 1.807) is 25.8 Å². The van der Waals surface area contributed by atoms with E-state index in [0.717, 1.165) is 28.8 Å². The molecule has 4 heteroatoms. The molecule has 0 fully saturated rings. The fourth-order valence-electron chi connectivity index (χ4n) is 2.98. The molecule has 4 nitrogen and oxygen atoms in total. The van der Waals surface area contributed by atoms with Crippen molar-refractivity contribution in [3.8, 4) is 0 Å². The number of rotatable bonds is 6. The van der Waals surface area contributed by atoms with Crippen LogP contribution >= 0.6 is 0 Å². The highest BCUT2D eigenvalue weighted by atomic mass is 16.2. The van der Waals surface area contributed by atoms with Crippen LogP contribution in [-0.4, -0.2) is 23.8 Å². The Morgan fingerprint density at radius 3 is 2.31 bits per heavy atom. The van der Waals surface area contributed by atoms with Gasteiger partial charge in [-0.1, -0.05) is 55.5 Å². The van der Waals surface area contributed by atoms with Crippen molar-refractivity contribution in [2.45, 2.75) is 40.7 Å². The van der Waals surface area contributed by atoms with Crippen LogP contribution in [0.15, 0.2) is 48.5 Å². The summed E-state index contributed by atoms with van der Waals surface area (Å²) in [5.74, 6) is -0.489. The van der Waals surface area contributed by atoms with E-state index in [1.165, 1.54) is 0 Å². The predicted octanol–water partition coefficient (Wildman–Crippen LogP) is 4.18. The second-order valence-electron chi connectivity index (χ2n) is 7.19. The fourth-order valence-corrected chi connectivity index (χ4v) is 2.98. The Morgan fingerprint density at radius 2 is 1.69 bits per heavy atom. The lowest BCUT2D eigenvalue weighted by Crippen LogP contribution is -2.45. The summed E-state index contributed by atoms with van der Waals surface area (Å²) < 4.78 is 0. The average Bonchev–Trinajstić information content (AvgIpc) is 2.63. The van der Waals surface area contributed by atoms with Crippen LogP contribution in [0.2, 0.25) is 0 Å². The summed E-state index contributed by atoms with van der Waals surface area (Å²) in [4.78, 5) is 27.4. The summed E-state index contributed by atoms with van der Waals surface area (Å²) in [6.45, 7) is 7.84. The van der Waals surface area contributed by atoms with Crippen LogP contribution in [0.5, 0.6) is 0 Å². The molecule has 26 heavy (non-hydrogen) atoms. The number of amides is 2. The first kappa shape index (κ1) is 19.7. The Morgan fingerprint density at radius 1 is 1.04 bits per heavy atom.